The van der Waals surface area contributed by atoms with Gasteiger partial charge in [0.15, 0.2) is 0 Å². The van der Waals surface area contributed by atoms with Crippen molar-refractivity contribution in [1.82, 2.24) is 4.90 Å². The topological polar surface area (TPSA) is 94.4 Å². The summed E-state index contributed by atoms with van der Waals surface area (Å²) >= 11 is 0. The summed E-state index contributed by atoms with van der Waals surface area (Å²) in [5.74, 6) is 1.13. The van der Waals surface area contributed by atoms with Crippen molar-refractivity contribution in [2.24, 2.45) is 0 Å². The molecule has 0 aromatic heterocycles. The van der Waals surface area contributed by atoms with E-state index in [9.17, 15) is 14.9 Å². The van der Waals surface area contributed by atoms with Gasteiger partial charge in [-0.1, -0.05) is 6.07 Å². The Labute approximate surface area is 168 Å². The molecule has 1 fully saturated rings. The van der Waals surface area contributed by atoms with E-state index >= 15 is 0 Å². The van der Waals surface area contributed by atoms with Crippen molar-refractivity contribution in [3.05, 3.63) is 52.1 Å². The van der Waals surface area contributed by atoms with Crippen LogP contribution in [0.25, 0.3) is 0 Å². The number of piperazine rings is 1. The molecule has 1 aliphatic rings. The first-order valence-corrected chi connectivity index (χ1v) is 9.07. The molecule has 154 valence electrons. The molecule has 1 saturated heterocycles. The molecule has 0 radical (unpaired) electrons. The minimum Gasteiger partial charge on any atom is -0.496 e. The third-order valence-corrected chi connectivity index (χ3v) is 4.93. The Kier molecular flexibility index (Phi) is 6.06. The highest BCUT2D eigenvalue weighted by Gasteiger charge is 2.29. The van der Waals surface area contributed by atoms with Crippen LogP contribution >= 0.6 is 0 Å². The molecule has 0 bridgehead atoms. The van der Waals surface area contributed by atoms with Crippen LogP contribution in [0.15, 0.2) is 36.4 Å². The van der Waals surface area contributed by atoms with Gasteiger partial charge in [0.2, 0.25) is 0 Å². The summed E-state index contributed by atoms with van der Waals surface area (Å²) in [5.41, 5.74) is 0.870. The lowest BCUT2D eigenvalue weighted by Gasteiger charge is -2.36. The number of nitro benzene ring substituents is 1. The number of hydrogen-bond acceptors (Lipinski definition) is 7. The number of nitrogens with zero attached hydrogens (tertiary/aromatic N) is 3. The van der Waals surface area contributed by atoms with Crippen molar-refractivity contribution in [3.63, 3.8) is 0 Å². The molecule has 2 aromatic rings. The Morgan fingerprint density at radius 3 is 2.10 bits per heavy atom. The van der Waals surface area contributed by atoms with Gasteiger partial charge in [0.1, 0.15) is 28.5 Å². The Balaban J connectivity index is 1.78. The molecule has 2 aromatic carbocycles. The Bertz CT molecular complexity index is 887. The van der Waals surface area contributed by atoms with Gasteiger partial charge in [-0.05, 0) is 24.3 Å². The zero-order valence-electron chi connectivity index (χ0n) is 16.6. The van der Waals surface area contributed by atoms with Crippen molar-refractivity contribution in [2.45, 2.75) is 0 Å². The van der Waals surface area contributed by atoms with Gasteiger partial charge in [-0.2, -0.15) is 0 Å². The van der Waals surface area contributed by atoms with Gasteiger partial charge in [0.05, 0.1) is 32.3 Å². The first-order valence-electron chi connectivity index (χ1n) is 9.07. The fourth-order valence-electron chi connectivity index (χ4n) is 3.41. The lowest BCUT2D eigenvalue weighted by Crippen LogP contribution is -2.49. The van der Waals surface area contributed by atoms with E-state index in [1.165, 1.54) is 27.4 Å². The number of ether oxygens (including phenoxy) is 3. The third kappa shape index (κ3) is 4.03. The molecule has 0 saturated carbocycles. The number of benzene rings is 2. The number of carbonyl (C=O) groups is 1. The van der Waals surface area contributed by atoms with Crippen LogP contribution in [0.4, 0.5) is 11.4 Å². The van der Waals surface area contributed by atoms with Crippen LogP contribution in [-0.2, 0) is 0 Å². The van der Waals surface area contributed by atoms with Crippen molar-refractivity contribution in [2.75, 3.05) is 52.4 Å². The zero-order chi connectivity index (χ0) is 21.0. The van der Waals surface area contributed by atoms with Gasteiger partial charge < -0.3 is 24.0 Å². The SMILES string of the molecule is COc1ccc(N2CCN(C(=O)c3c(OC)cccc3OC)CC2)c([N+](=O)[O-])c1. The van der Waals surface area contributed by atoms with E-state index in [1.807, 2.05) is 4.90 Å². The third-order valence-electron chi connectivity index (χ3n) is 4.93. The molecular formula is C20H23N3O6. The maximum Gasteiger partial charge on any atom is 0.296 e. The largest absolute Gasteiger partial charge is 0.496 e. The molecule has 0 N–H and O–H groups in total. The second kappa shape index (κ2) is 8.68. The van der Waals surface area contributed by atoms with Crippen LogP contribution in [-0.4, -0.2) is 63.2 Å². The quantitative estimate of drug-likeness (QED) is 0.542. The molecule has 1 heterocycles. The molecule has 9 heteroatoms. The second-order valence-corrected chi connectivity index (χ2v) is 6.43. The lowest BCUT2D eigenvalue weighted by molar-refractivity contribution is -0.384. The van der Waals surface area contributed by atoms with Gasteiger partial charge in [-0.25, -0.2) is 0 Å². The van der Waals surface area contributed by atoms with E-state index in [-0.39, 0.29) is 11.6 Å². The summed E-state index contributed by atoms with van der Waals surface area (Å²) in [6.45, 7) is 1.78. The summed E-state index contributed by atoms with van der Waals surface area (Å²) in [7, 11) is 4.48. The minimum absolute atomic E-state index is 0.0180. The summed E-state index contributed by atoms with van der Waals surface area (Å²) in [6, 6.07) is 9.97. The van der Waals surface area contributed by atoms with E-state index in [0.717, 1.165) is 0 Å². The molecule has 29 heavy (non-hydrogen) atoms. The van der Waals surface area contributed by atoms with Gasteiger partial charge in [-0.3, -0.25) is 14.9 Å². The van der Waals surface area contributed by atoms with Gasteiger partial charge >= 0.3 is 0 Å². The van der Waals surface area contributed by atoms with Gasteiger partial charge in [0.25, 0.3) is 11.6 Å². The molecule has 0 unspecified atom stereocenters. The monoisotopic (exact) mass is 401 g/mol. The fourth-order valence-corrected chi connectivity index (χ4v) is 3.41. The van der Waals surface area contributed by atoms with Crippen LogP contribution in [0, 0.1) is 10.1 Å². The van der Waals surface area contributed by atoms with E-state index < -0.39 is 4.92 Å². The minimum atomic E-state index is -0.422. The summed E-state index contributed by atoms with van der Waals surface area (Å²) in [5, 5.41) is 11.5. The van der Waals surface area contributed by atoms with Crippen LogP contribution < -0.4 is 19.1 Å². The maximum atomic E-state index is 13.1. The molecule has 1 amide bonds. The number of amides is 1. The van der Waals surface area contributed by atoms with E-state index in [4.69, 9.17) is 14.2 Å². The molecule has 3 rings (SSSR count). The smallest absolute Gasteiger partial charge is 0.296 e. The second-order valence-electron chi connectivity index (χ2n) is 6.43. The molecule has 0 aliphatic carbocycles. The Morgan fingerprint density at radius 1 is 0.966 bits per heavy atom. The number of anilines is 1. The van der Waals surface area contributed by atoms with Crippen LogP contribution in [0.2, 0.25) is 0 Å². The molecule has 9 nitrogen and oxygen atoms in total. The molecule has 0 atom stereocenters. The standard InChI is InChI=1S/C20H23N3O6/c1-27-14-7-8-15(16(13-14)23(25)26)21-9-11-22(12-10-21)20(24)19-17(28-2)5-4-6-18(19)29-3/h4-8,13H,9-12H2,1-3H3. The highest BCUT2D eigenvalue weighted by Crippen LogP contribution is 2.34. The van der Waals surface area contributed by atoms with Crippen molar-refractivity contribution in [3.8, 4) is 17.2 Å². The predicted molar refractivity (Wildman–Crippen MR) is 107 cm³/mol. The average Bonchev–Trinajstić information content (AvgIpc) is 2.77. The van der Waals surface area contributed by atoms with Crippen LogP contribution in [0.1, 0.15) is 10.4 Å². The predicted octanol–water partition coefficient (Wildman–Crippen LogP) is 2.58. The van der Waals surface area contributed by atoms with Crippen molar-refractivity contribution in [1.29, 1.82) is 0 Å². The summed E-state index contributed by atoms with van der Waals surface area (Å²) < 4.78 is 15.7. The van der Waals surface area contributed by atoms with Crippen molar-refractivity contribution < 1.29 is 23.9 Å². The summed E-state index contributed by atoms with van der Waals surface area (Å²) in [4.78, 5) is 27.7. The lowest BCUT2D eigenvalue weighted by atomic mass is 10.1. The highest BCUT2D eigenvalue weighted by atomic mass is 16.6. The van der Waals surface area contributed by atoms with Crippen LogP contribution in [0.3, 0.4) is 0 Å². The van der Waals surface area contributed by atoms with E-state index in [2.05, 4.69) is 0 Å². The highest BCUT2D eigenvalue weighted by molar-refractivity contribution is 6.00. The number of rotatable bonds is 6. The first-order chi connectivity index (χ1) is 14.0. The number of hydrogen-bond donors (Lipinski definition) is 0. The van der Waals surface area contributed by atoms with E-state index in [1.54, 1.807) is 35.2 Å². The maximum absolute atomic E-state index is 13.1. The average molecular weight is 401 g/mol. The van der Waals surface area contributed by atoms with E-state index in [0.29, 0.717) is 54.7 Å². The number of nitro groups is 1. The number of carbonyl (C=O) groups excluding carboxylic acids is 1. The Morgan fingerprint density at radius 2 is 1.59 bits per heavy atom. The Hall–Kier alpha value is -3.49. The van der Waals surface area contributed by atoms with Crippen molar-refractivity contribution >= 4 is 17.3 Å². The van der Waals surface area contributed by atoms with Crippen LogP contribution in [0.5, 0.6) is 17.2 Å². The first kappa shape index (κ1) is 20.2. The molecule has 1 aliphatic heterocycles. The fraction of sp³-hybridized carbons (Fsp3) is 0.350. The normalized spacial score (nSPS) is 13.8. The van der Waals surface area contributed by atoms with Gasteiger partial charge in [0, 0.05) is 26.2 Å². The van der Waals surface area contributed by atoms with Gasteiger partial charge in [-0.15, -0.1) is 0 Å². The molecular weight excluding hydrogens is 378 g/mol. The number of methoxy groups -OCH3 is 3. The zero-order valence-corrected chi connectivity index (χ0v) is 16.6. The summed E-state index contributed by atoms with van der Waals surface area (Å²) in [6.07, 6.45) is 0. The molecule has 0 spiro atoms.